The van der Waals surface area contributed by atoms with Crippen molar-refractivity contribution in [3.05, 3.63) is 0 Å². The molecule has 1 aliphatic carbocycles. The molecule has 0 aromatic heterocycles. The van der Waals surface area contributed by atoms with Crippen molar-refractivity contribution in [2.75, 3.05) is 0 Å². The Morgan fingerprint density at radius 3 is 2.21 bits per heavy atom. The number of hydrogen-bond donors (Lipinski definition) is 1. The van der Waals surface area contributed by atoms with Gasteiger partial charge in [-0.05, 0) is 36.5 Å². The molecule has 0 aromatic rings. The van der Waals surface area contributed by atoms with Crippen molar-refractivity contribution >= 4 is 5.97 Å². The van der Waals surface area contributed by atoms with E-state index in [2.05, 4.69) is 20.8 Å². The minimum Gasteiger partial charge on any atom is -0.481 e. The lowest BCUT2D eigenvalue weighted by Gasteiger charge is -2.39. The lowest BCUT2D eigenvalue weighted by Crippen LogP contribution is -2.32. The van der Waals surface area contributed by atoms with Crippen LogP contribution < -0.4 is 0 Å². The van der Waals surface area contributed by atoms with E-state index in [1.54, 1.807) is 0 Å². The zero-order valence-electron chi connectivity index (χ0n) is 9.49. The van der Waals surface area contributed by atoms with E-state index in [1.807, 2.05) is 0 Å². The Hall–Kier alpha value is -0.530. The predicted molar refractivity (Wildman–Crippen MR) is 57.1 cm³/mol. The molecule has 4 atom stereocenters. The molecule has 2 heteroatoms. The van der Waals surface area contributed by atoms with Crippen molar-refractivity contribution in [3.63, 3.8) is 0 Å². The Bertz CT molecular complexity index is 200. The average Bonchev–Trinajstić information content (AvgIpc) is 2.13. The Morgan fingerprint density at radius 2 is 1.71 bits per heavy atom. The normalized spacial score (nSPS) is 38.2. The molecule has 1 N–H and O–H groups in total. The zero-order valence-corrected chi connectivity index (χ0v) is 9.49. The number of carboxylic acids is 1. The Balaban J connectivity index is 2.54. The van der Waals surface area contributed by atoms with Crippen molar-refractivity contribution < 1.29 is 9.90 Å². The molecule has 0 heterocycles. The van der Waals surface area contributed by atoms with Gasteiger partial charge in [0, 0.05) is 6.42 Å². The largest absolute Gasteiger partial charge is 0.481 e. The summed E-state index contributed by atoms with van der Waals surface area (Å²) in [7, 11) is 0. The third-order valence-electron chi connectivity index (χ3n) is 4.19. The first kappa shape index (κ1) is 11.5. The van der Waals surface area contributed by atoms with Gasteiger partial charge in [0.15, 0.2) is 0 Å². The minimum absolute atomic E-state index is 0.363. The van der Waals surface area contributed by atoms with Crippen LogP contribution >= 0.6 is 0 Å². The molecular formula is C12H22O2. The molecule has 0 saturated heterocycles. The number of aliphatic carboxylic acids is 1. The lowest BCUT2D eigenvalue weighted by atomic mass is 9.66. The third kappa shape index (κ3) is 2.49. The fraction of sp³-hybridized carbons (Fsp3) is 0.917. The standard InChI is InChI=1S/C12H22O2/c1-4-10-5-6-11(7-12(13)14)9(3)8(10)2/h8-11H,4-7H2,1-3H3,(H,13,14). The van der Waals surface area contributed by atoms with Crippen molar-refractivity contribution in [3.8, 4) is 0 Å². The van der Waals surface area contributed by atoms with Gasteiger partial charge in [-0.1, -0.05) is 27.2 Å². The van der Waals surface area contributed by atoms with Crippen LogP contribution in [0.1, 0.15) is 46.5 Å². The van der Waals surface area contributed by atoms with Crippen molar-refractivity contribution in [1.29, 1.82) is 0 Å². The number of carboxylic acid groups (broad SMARTS) is 1. The molecule has 0 radical (unpaired) electrons. The molecule has 4 unspecified atom stereocenters. The van der Waals surface area contributed by atoms with E-state index < -0.39 is 5.97 Å². The summed E-state index contributed by atoms with van der Waals surface area (Å²) in [6.45, 7) is 6.75. The molecule has 2 nitrogen and oxygen atoms in total. The smallest absolute Gasteiger partial charge is 0.303 e. The number of rotatable bonds is 3. The van der Waals surface area contributed by atoms with E-state index in [-0.39, 0.29) is 0 Å². The second-order valence-corrected chi connectivity index (χ2v) is 4.82. The summed E-state index contributed by atoms with van der Waals surface area (Å²) in [5, 5.41) is 8.79. The highest BCUT2D eigenvalue weighted by atomic mass is 16.4. The summed E-state index contributed by atoms with van der Waals surface area (Å²) in [5.41, 5.74) is 0. The van der Waals surface area contributed by atoms with Gasteiger partial charge in [-0.25, -0.2) is 0 Å². The summed E-state index contributed by atoms with van der Waals surface area (Å²) >= 11 is 0. The molecule has 14 heavy (non-hydrogen) atoms. The molecule has 0 aliphatic heterocycles. The lowest BCUT2D eigenvalue weighted by molar-refractivity contribution is -0.139. The van der Waals surface area contributed by atoms with Gasteiger partial charge in [0.25, 0.3) is 0 Å². The Kier molecular flexibility index (Phi) is 3.97. The molecule has 0 bridgehead atoms. The molecule has 1 aliphatic rings. The Morgan fingerprint density at radius 1 is 1.21 bits per heavy atom. The second kappa shape index (κ2) is 4.81. The molecule has 1 saturated carbocycles. The maximum Gasteiger partial charge on any atom is 0.303 e. The fourth-order valence-corrected chi connectivity index (χ4v) is 2.90. The fourth-order valence-electron chi connectivity index (χ4n) is 2.90. The third-order valence-corrected chi connectivity index (χ3v) is 4.19. The van der Waals surface area contributed by atoms with E-state index in [0.29, 0.717) is 24.2 Å². The van der Waals surface area contributed by atoms with Gasteiger partial charge in [-0.15, -0.1) is 0 Å². The highest BCUT2D eigenvalue weighted by molar-refractivity contribution is 5.67. The monoisotopic (exact) mass is 198 g/mol. The topological polar surface area (TPSA) is 37.3 Å². The van der Waals surface area contributed by atoms with Gasteiger partial charge in [0.05, 0.1) is 0 Å². The first-order valence-electron chi connectivity index (χ1n) is 5.78. The zero-order chi connectivity index (χ0) is 10.7. The molecule has 1 rings (SSSR count). The molecule has 0 spiro atoms. The van der Waals surface area contributed by atoms with Crippen LogP contribution in [0, 0.1) is 23.7 Å². The van der Waals surface area contributed by atoms with Crippen molar-refractivity contribution in [2.24, 2.45) is 23.7 Å². The SMILES string of the molecule is CCC1CCC(CC(=O)O)C(C)C1C. The van der Waals surface area contributed by atoms with Gasteiger partial charge in [0.2, 0.25) is 0 Å². The summed E-state index contributed by atoms with van der Waals surface area (Å²) < 4.78 is 0. The van der Waals surface area contributed by atoms with Crippen LogP contribution in [-0.4, -0.2) is 11.1 Å². The van der Waals surface area contributed by atoms with Crippen LogP contribution in [0.5, 0.6) is 0 Å². The van der Waals surface area contributed by atoms with Crippen LogP contribution in [0.2, 0.25) is 0 Å². The summed E-state index contributed by atoms with van der Waals surface area (Å²) in [6, 6.07) is 0. The summed E-state index contributed by atoms with van der Waals surface area (Å²) in [6.07, 6.45) is 3.93. The van der Waals surface area contributed by atoms with Crippen LogP contribution in [0.3, 0.4) is 0 Å². The van der Waals surface area contributed by atoms with E-state index >= 15 is 0 Å². The summed E-state index contributed by atoms with van der Waals surface area (Å²) in [4.78, 5) is 10.7. The molecular weight excluding hydrogens is 176 g/mol. The van der Waals surface area contributed by atoms with Gasteiger partial charge in [-0.3, -0.25) is 4.79 Å². The predicted octanol–water partition coefficient (Wildman–Crippen LogP) is 3.17. The quantitative estimate of drug-likeness (QED) is 0.756. The highest BCUT2D eigenvalue weighted by Crippen LogP contribution is 2.41. The molecule has 1 fully saturated rings. The van der Waals surface area contributed by atoms with Gasteiger partial charge < -0.3 is 5.11 Å². The molecule has 0 aromatic carbocycles. The van der Waals surface area contributed by atoms with Crippen LogP contribution in [0.4, 0.5) is 0 Å². The van der Waals surface area contributed by atoms with E-state index in [0.717, 1.165) is 12.3 Å². The number of carbonyl (C=O) groups is 1. The average molecular weight is 198 g/mol. The number of hydrogen-bond acceptors (Lipinski definition) is 1. The van der Waals surface area contributed by atoms with E-state index in [4.69, 9.17) is 5.11 Å². The van der Waals surface area contributed by atoms with Crippen molar-refractivity contribution in [2.45, 2.75) is 46.5 Å². The van der Waals surface area contributed by atoms with Gasteiger partial charge in [0.1, 0.15) is 0 Å². The van der Waals surface area contributed by atoms with Gasteiger partial charge >= 0.3 is 5.97 Å². The first-order valence-corrected chi connectivity index (χ1v) is 5.78. The summed E-state index contributed by atoms with van der Waals surface area (Å²) in [5.74, 6) is 1.85. The minimum atomic E-state index is -0.635. The Labute approximate surface area is 86.7 Å². The van der Waals surface area contributed by atoms with Gasteiger partial charge in [-0.2, -0.15) is 0 Å². The maximum atomic E-state index is 10.7. The van der Waals surface area contributed by atoms with Crippen molar-refractivity contribution in [1.82, 2.24) is 0 Å². The van der Waals surface area contributed by atoms with Crippen LogP contribution in [-0.2, 0) is 4.79 Å². The van der Waals surface area contributed by atoms with Crippen LogP contribution in [0.25, 0.3) is 0 Å². The molecule has 82 valence electrons. The highest BCUT2D eigenvalue weighted by Gasteiger charge is 2.33. The van der Waals surface area contributed by atoms with E-state index in [9.17, 15) is 4.79 Å². The van der Waals surface area contributed by atoms with Crippen LogP contribution in [0.15, 0.2) is 0 Å². The molecule has 0 amide bonds. The van der Waals surface area contributed by atoms with E-state index in [1.165, 1.54) is 12.8 Å². The maximum absolute atomic E-state index is 10.7. The second-order valence-electron chi connectivity index (χ2n) is 4.82. The first-order chi connectivity index (χ1) is 6.56.